The number of carbonyl (C=O) groups excluding carboxylic acids is 2. The topological polar surface area (TPSA) is 91.7 Å². The molecule has 0 unspecified atom stereocenters. The van der Waals surface area contributed by atoms with Gasteiger partial charge >= 0.3 is 12.1 Å². The molecular formula is C15H25N3O5. The summed E-state index contributed by atoms with van der Waals surface area (Å²) in [6, 6.07) is 1.50. The number of ether oxygens (including phenoxy) is 3. The molecule has 1 rings (SSSR count). The van der Waals surface area contributed by atoms with Crippen LogP contribution in [0.5, 0.6) is 5.88 Å². The van der Waals surface area contributed by atoms with Gasteiger partial charge in [-0.25, -0.2) is 14.3 Å². The van der Waals surface area contributed by atoms with Gasteiger partial charge in [0.1, 0.15) is 11.7 Å². The fraction of sp³-hybridized carbons (Fsp3) is 0.667. The van der Waals surface area contributed by atoms with E-state index in [1.807, 2.05) is 0 Å². The van der Waals surface area contributed by atoms with Gasteiger partial charge in [-0.3, -0.25) is 0 Å². The van der Waals surface area contributed by atoms with E-state index in [4.69, 9.17) is 14.2 Å². The minimum absolute atomic E-state index is 0.177. The van der Waals surface area contributed by atoms with Crippen molar-refractivity contribution in [3.05, 3.63) is 11.8 Å². The van der Waals surface area contributed by atoms with Crippen molar-refractivity contribution in [1.29, 1.82) is 0 Å². The fourth-order valence-electron chi connectivity index (χ4n) is 1.65. The van der Waals surface area contributed by atoms with Gasteiger partial charge in [-0.15, -0.1) is 0 Å². The summed E-state index contributed by atoms with van der Waals surface area (Å²) in [5.41, 5.74) is -0.373. The molecule has 0 radical (unpaired) electrons. The van der Waals surface area contributed by atoms with Crippen LogP contribution < -0.4 is 10.1 Å². The van der Waals surface area contributed by atoms with Crippen molar-refractivity contribution in [3.8, 4) is 5.88 Å². The van der Waals surface area contributed by atoms with Crippen LogP contribution in [0.4, 0.5) is 4.79 Å². The van der Waals surface area contributed by atoms with Crippen LogP contribution in [0.2, 0.25) is 0 Å². The molecule has 130 valence electrons. The van der Waals surface area contributed by atoms with Crippen molar-refractivity contribution in [2.75, 3.05) is 13.2 Å². The Morgan fingerprint density at radius 3 is 2.61 bits per heavy atom. The maximum absolute atomic E-state index is 11.6. The molecule has 1 aromatic rings. The minimum atomic E-state index is -0.551. The number of aryl methyl sites for hydroxylation is 1. The molecule has 0 saturated heterocycles. The third-order valence-corrected chi connectivity index (χ3v) is 2.58. The summed E-state index contributed by atoms with van der Waals surface area (Å²) in [5, 5.41) is 6.65. The molecule has 0 aliphatic carbocycles. The predicted octanol–water partition coefficient (Wildman–Crippen LogP) is 1.89. The number of hydrogen-bond donors (Lipinski definition) is 1. The highest BCUT2D eigenvalue weighted by Gasteiger charge is 2.18. The Morgan fingerprint density at radius 2 is 2.04 bits per heavy atom. The fourth-order valence-corrected chi connectivity index (χ4v) is 1.65. The molecule has 8 heteroatoms. The highest BCUT2D eigenvalue weighted by molar-refractivity contribution is 5.87. The van der Waals surface area contributed by atoms with Gasteiger partial charge in [-0.05, 0) is 34.6 Å². The van der Waals surface area contributed by atoms with Gasteiger partial charge in [0.05, 0.1) is 13.2 Å². The number of nitrogens with zero attached hydrogens (tertiary/aromatic N) is 2. The van der Waals surface area contributed by atoms with Gasteiger partial charge in [0.2, 0.25) is 5.88 Å². The van der Waals surface area contributed by atoms with Crippen LogP contribution >= 0.6 is 0 Å². The van der Waals surface area contributed by atoms with Crippen molar-refractivity contribution in [1.82, 2.24) is 15.1 Å². The second kappa shape index (κ2) is 7.85. The number of nitrogens with one attached hydrogen (secondary N) is 1. The zero-order chi connectivity index (χ0) is 17.6. The number of rotatable bonds is 6. The molecule has 1 aromatic heterocycles. The van der Waals surface area contributed by atoms with E-state index in [0.717, 1.165) is 0 Å². The molecule has 0 saturated carbocycles. The average Bonchev–Trinajstić information content (AvgIpc) is 2.76. The lowest BCUT2D eigenvalue weighted by atomic mass is 10.2. The molecular weight excluding hydrogens is 302 g/mol. The van der Waals surface area contributed by atoms with Crippen molar-refractivity contribution < 1.29 is 23.8 Å². The summed E-state index contributed by atoms with van der Waals surface area (Å²) < 4.78 is 17.1. The zero-order valence-corrected chi connectivity index (χ0v) is 14.5. The summed E-state index contributed by atoms with van der Waals surface area (Å²) in [6.45, 7) is 9.42. The molecule has 1 heterocycles. The number of esters is 1. The van der Waals surface area contributed by atoms with Crippen LogP contribution in [0.15, 0.2) is 6.07 Å². The van der Waals surface area contributed by atoms with E-state index in [-0.39, 0.29) is 24.9 Å². The summed E-state index contributed by atoms with van der Waals surface area (Å²) in [6.07, 6.45) is -0.835. The summed E-state index contributed by atoms with van der Waals surface area (Å²) >= 11 is 0. The van der Waals surface area contributed by atoms with Crippen molar-refractivity contribution in [3.63, 3.8) is 0 Å². The van der Waals surface area contributed by atoms with E-state index in [2.05, 4.69) is 10.4 Å². The number of amides is 1. The van der Waals surface area contributed by atoms with Crippen LogP contribution in [0.1, 0.15) is 45.1 Å². The number of alkyl carbamates (subject to hydrolysis) is 1. The van der Waals surface area contributed by atoms with Gasteiger partial charge in [0.15, 0.2) is 5.69 Å². The van der Waals surface area contributed by atoms with E-state index in [1.165, 1.54) is 10.7 Å². The van der Waals surface area contributed by atoms with Crippen LogP contribution in [0.3, 0.4) is 0 Å². The molecule has 8 nitrogen and oxygen atoms in total. The third-order valence-electron chi connectivity index (χ3n) is 2.58. The molecule has 23 heavy (non-hydrogen) atoms. The molecule has 1 amide bonds. The molecule has 0 bridgehead atoms. The maximum atomic E-state index is 11.6. The number of hydrogen-bond acceptors (Lipinski definition) is 6. The lowest BCUT2D eigenvalue weighted by Gasteiger charge is -2.21. The number of aromatic nitrogens is 2. The van der Waals surface area contributed by atoms with E-state index >= 15 is 0 Å². The Balaban J connectivity index is 2.53. The first-order valence-corrected chi connectivity index (χ1v) is 7.47. The number of carbonyl (C=O) groups is 2. The van der Waals surface area contributed by atoms with Crippen molar-refractivity contribution in [2.45, 2.75) is 46.3 Å². The Morgan fingerprint density at radius 1 is 1.39 bits per heavy atom. The van der Waals surface area contributed by atoms with Crippen molar-refractivity contribution >= 4 is 12.1 Å². The second-order valence-electron chi connectivity index (χ2n) is 6.02. The molecule has 0 aromatic carbocycles. The molecule has 1 atom stereocenters. The molecule has 0 aliphatic rings. The minimum Gasteiger partial charge on any atom is -0.473 e. The van der Waals surface area contributed by atoms with Crippen LogP contribution in [0, 0.1) is 0 Å². The molecule has 0 fully saturated rings. The largest absolute Gasteiger partial charge is 0.473 e. The van der Waals surface area contributed by atoms with Gasteiger partial charge in [-0.2, -0.15) is 5.10 Å². The standard InChI is InChI=1S/C15H25N3O5/c1-7-21-13(19)11-8-12(18(6)17-11)22-10(2)9-16-14(20)23-15(3,4)5/h8,10H,7,9H2,1-6H3,(H,16,20)/t10-/m0/s1. The summed E-state index contributed by atoms with van der Waals surface area (Å²) in [4.78, 5) is 23.2. The Bertz CT molecular complexity index is 548. The van der Waals surface area contributed by atoms with E-state index in [9.17, 15) is 9.59 Å². The Hall–Kier alpha value is -2.25. The van der Waals surface area contributed by atoms with Gasteiger partial charge in [0, 0.05) is 13.1 Å². The van der Waals surface area contributed by atoms with E-state index in [1.54, 1.807) is 41.7 Å². The predicted molar refractivity (Wildman–Crippen MR) is 83.5 cm³/mol. The van der Waals surface area contributed by atoms with Crippen LogP contribution in [-0.2, 0) is 16.5 Å². The quantitative estimate of drug-likeness (QED) is 0.802. The highest BCUT2D eigenvalue weighted by Crippen LogP contribution is 2.14. The Kier molecular flexibility index (Phi) is 6.41. The monoisotopic (exact) mass is 327 g/mol. The molecule has 1 N–H and O–H groups in total. The van der Waals surface area contributed by atoms with Gasteiger partial charge < -0.3 is 19.5 Å². The highest BCUT2D eigenvalue weighted by atomic mass is 16.6. The average molecular weight is 327 g/mol. The van der Waals surface area contributed by atoms with Gasteiger partial charge in [-0.1, -0.05) is 0 Å². The van der Waals surface area contributed by atoms with Crippen LogP contribution in [-0.4, -0.2) is 46.7 Å². The first-order chi connectivity index (χ1) is 10.6. The van der Waals surface area contributed by atoms with Gasteiger partial charge in [0.25, 0.3) is 0 Å². The third kappa shape index (κ3) is 6.58. The van der Waals surface area contributed by atoms with Crippen LogP contribution in [0.25, 0.3) is 0 Å². The first kappa shape index (κ1) is 18.8. The molecule has 0 spiro atoms. The smallest absolute Gasteiger partial charge is 0.407 e. The molecule has 0 aliphatic heterocycles. The summed E-state index contributed by atoms with van der Waals surface area (Å²) in [7, 11) is 1.66. The lowest BCUT2D eigenvalue weighted by Crippen LogP contribution is -2.37. The van der Waals surface area contributed by atoms with Crippen molar-refractivity contribution in [2.24, 2.45) is 7.05 Å². The Labute approximate surface area is 136 Å². The van der Waals surface area contributed by atoms with E-state index < -0.39 is 17.7 Å². The first-order valence-electron chi connectivity index (χ1n) is 7.47. The lowest BCUT2D eigenvalue weighted by molar-refractivity contribution is 0.0499. The SMILES string of the molecule is CCOC(=O)c1cc(O[C@@H](C)CNC(=O)OC(C)(C)C)n(C)n1. The summed E-state index contributed by atoms with van der Waals surface area (Å²) in [5.74, 6) is -0.0935. The zero-order valence-electron chi connectivity index (χ0n) is 14.5. The second-order valence-corrected chi connectivity index (χ2v) is 6.02. The normalized spacial score (nSPS) is 12.4. The maximum Gasteiger partial charge on any atom is 0.407 e. The van der Waals surface area contributed by atoms with E-state index in [0.29, 0.717) is 5.88 Å².